The fraction of sp³-hybridized carbons (Fsp3) is 0.0556. The molecule has 0 unspecified atom stereocenters. The van der Waals surface area contributed by atoms with Crippen molar-refractivity contribution in [2.24, 2.45) is 0 Å². The van der Waals surface area contributed by atoms with Gasteiger partial charge in [-0.15, -0.1) is 0 Å². The Morgan fingerprint density at radius 2 is 1.76 bits per heavy atom. The van der Waals surface area contributed by atoms with E-state index in [1.165, 1.54) is 6.08 Å². The van der Waals surface area contributed by atoms with Gasteiger partial charge < -0.3 is 9.84 Å². The monoisotopic (exact) mass is 278 g/mol. The fourth-order valence-electron chi connectivity index (χ4n) is 2.54. The first-order valence-electron chi connectivity index (χ1n) is 6.59. The molecule has 0 heterocycles. The number of carbonyl (C=O) groups is 1. The van der Waals surface area contributed by atoms with Crippen molar-refractivity contribution in [1.82, 2.24) is 0 Å². The second-order valence-electron chi connectivity index (χ2n) is 4.77. The Bertz CT molecular complexity index is 770. The zero-order valence-electron chi connectivity index (χ0n) is 11.5. The van der Waals surface area contributed by atoms with Crippen molar-refractivity contribution in [1.29, 1.82) is 0 Å². The number of carboxylic acids is 1. The molecule has 2 aromatic rings. The van der Waals surface area contributed by atoms with Gasteiger partial charge in [-0.1, -0.05) is 42.5 Å². The smallest absolute Gasteiger partial charge is 0.328 e. The Morgan fingerprint density at radius 3 is 2.52 bits per heavy atom. The van der Waals surface area contributed by atoms with Crippen molar-refractivity contribution in [3.63, 3.8) is 0 Å². The number of aliphatic carboxylic acids is 1. The van der Waals surface area contributed by atoms with Gasteiger partial charge in [0, 0.05) is 6.08 Å². The highest BCUT2D eigenvalue weighted by molar-refractivity contribution is 6.01. The molecule has 21 heavy (non-hydrogen) atoms. The maximum atomic E-state index is 11.2. The molecule has 0 saturated carbocycles. The molecule has 0 aliphatic heterocycles. The Morgan fingerprint density at radius 1 is 1.05 bits per heavy atom. The molecule has 2 aromatic carbocycles. The van der Waals surface area contributed by atoms with Gasteiger partial charge in [-0.2, -0.15) is 0 Å². The van der Waals surface area contributed by atoms with Crippen LogP contribution in [0.3, 0.4) is 0 Å². The van der Waals surface area contributed by atoms with Gasteiger partial charge in [-0.3, -0.25) is 0 Å². The lowest BCUT2D eigenvalue weighted by molar-refractivity contribution is -0.131. The Kier molecular flexibility index (Phi) is 3.32. The van der Waals surface area contributed by atoms with E-state index in [0.717, 1.165) is 28.0 Å². The number of hydrogen-bond donors (Lipinski definition) is 1. The van der Waals surface area contributed by atoms with Crippen LogP contribution in [0.1, 0.15) is 22.3 Å². The Balaban J connectivity index is 2.29. The van der Waals surface area contributed by atoms with Crippen LogP contribution in [0.2, 0.25) is 0 Å². The summed E-state index contributed by atoms with van der Waals surface area (Å²) in [6, 6.07) is 13.4. The first kappa shape index (κ1) is 13.2. The fourth-order valence-corrected chi connectivity index (χ4v) is 2.54. The summed E-state index contributed by atoms with van der Waals surface area (Å²) in [6.45, 7) is 0. The predicted molar refractivity (Wildman–Crippen MR) is 83.1 cm³/mol. The van der Waals surface area contributed by atoms with Crippen LogP contribution in [0, 0.1) is 0 Å². The van der Waals surface area contributed by atoms with Gasteiger partial charge in [-0.25, -0.2) is 4.79 Å². The largest absolute Gasteiger partial charge is 0.497 e. The summed E-state index contributed by atoms with van der Waals surface area (Å²) in [4.78, 5) is 11.2. The van der Waals surface area contributed by atoms with Crippen LogP contribution in [-0.4, -0.2) is 18.2 Å². The summed E-state index contributed by atoms with van der Waals surface area (Å²) in [6.07, 6.45) is 5.24. The van der Waals surface area contributed by atoms with E-state index in [-0.39, 0.29) is 0 Å². The molecule has 0 aromatic heterocycles. The van der Waals surface area contributed by atoms with Gasteiger partial charge in [-0.05, 0) is 40.0 Å². The van der Waals surface area contributed by atoms with Crippen molar-refractivity contribution in [3.8, 4) is 5.75 Å². The predicted octanol–water partition coefficient (Wildman–Crippen LogP) is 3.70. The molecule has 0 spiro atoms. The number of benzene rings is 2. The Labute approximate surface area is 122 Å². The molecule has 3 nitrogen and oxygen atoms in total. The maximum Gasteiger partial charge on any atom is 0.328 e. The summed E-state index contributed by atoms with van der Waals surface area (Å²) in [7, 11) is 1.62. The third kappa shape index (κ3) is 2.46. The van der Waals surface area contributed by atoms with E-state index < -0.39 is 5.97 Å². The van der Waals surface area contributed by atoms with Crippen molar-refractivity contribution >= 4 is 23.7 Å². The quantitative estimate of drug-likeness (QED) is 0.727. The van der Waals surface area contributed by atoms with E-state index in [1.807, 2.05) is 54.6 Å². The number of methoxy groups -OCH3 is 1. The average Bonchev–Trinajstić information content (AvgIpc) is 2.64. The summed E-state index contributed by atoms with van der Waals surface area (Å²) >= 11 is 0. The van der Waals surface area contributed by atoms with Crippen molar-refractivity contribution in [2.75, 3.05) is 7.11 Å². The summed E-state index contributed by atoms with van der Waals surface area (Å²) in [5.74, 6) is -0.206. The second-order valence-corrected chi connectivity index (χ2v) is 4.77. The average molecular weight is 278 g/mol. The van der Waals surface area contributed by atoms with Gasteiger partial charge in [0.25, 0.3) is 0 Å². The molecule has 1 N–H and O–H groups in total. The van der Waals surface area contributed by atoms with E-state index in [1.54, 1.807) is 7.11 Å². The standard InChI is InChI=1S/C18H14O3/c1-21-14-8-9-16-13(10-14)7-6-12-4-2-3-5-15(12)17(16)11-18(19)20/h2-11H,1H3,(H,19,20)/b17-11+. The number of rotatable bonds is 2. The maximum absolute atomic E-state index is 11.2. The minimum Gasteiger partial charge on any atom is -0.497 e. The van der Waals surface area contributed by atoms with Crippen LogP contribution < -0.4 is 4.74 Å². The lowest BCUT2D eigenvalue weighted by atomic mass is 9.93. The SMILES string of the molecule is COc1ccc2c(c1)C=Cc1ccccc1/C2=C\C(=O)O. The van der Waals surface area contributed by atoms with Gasteiger partial charge >= 0.3 is 5.97 Å². The van der Waals surface area contributed by atoms with Crippen LogP contribution in [0.5, 0.6) is 5.75 Å². The van der Waals surface area contributed by atoms with E-state index >= 15 is 0 Å². The molecule has 1 aliphatic carbocycles. The number of carboxylic acid groups (broad SMARTS) is 1. The number of ether oxygens (including phenoxy) is 1. The molecule has 0 atom stereocenters. The van der Waals surface area contributed by atoms with Crippen LogP contribution in [0.15, 0.2) is 48.5 Å². The minimum atomic E-state index is -0.955. The van der Waals surface area contributed by atoms with Crippen molar-refractivity contribution in [2.45, 2.75) is 0 Å². The van der Waals surface area contributed by atoms with Crippen LogP contribution in [0.4, 0.5) is 0 Å². The van der Waals surface area contributed by atoms with E-state index in [9.17, 15) is 9.90 Å². The summed E-state index contributed by atoms with van der Waals surface area (Å²) in [5.41, 5.74) is 4.46. The first-order chi connectivity index (χ1) is 10.2. The molecule has 0 radical (unpaired) electrons. The van der Waals surface area contributed by atoms with Gasteiger partial charge in [0.2, 0.25) is 0 Å². The van der Waals surface area contributed by atoms with E-state index in [4.69, 9.17) is 4.74 Å². The Hall–Kier alpha value is -2.81. The molecule has 0 amide bonds. The van der Waals surface area contributed by atoms with Crippen LogP contribution in [-0.2, 0) is 4.79 Å². The molecule has 3 rings (SSSR count). The third-order valence-electron chi connectivity index (χ3n) is 3.51. The van der Waals surface area contributed by atoms with Crippen molar-refractivity contribution in [3.05, 3.63) is 70.8 Å². The zero-order chi connectivity index (χ0) is 14.8. The molecule has 0 saturated heterocycles. The molecular weight excluding hydrogens is 264 g/mol. The van der Waals surface area contributed by atoms with Crippen LogP contribution >= 0.6 is 0 Å². The van der Waals surface area contributed by atoms with Crippen molar-refractivity contribution < 1.29 is 14.6 Å². The lowest BCUT2D eigenvalue weighted by Gasteiger charge is -2.12. The molecule has 3 heteroatoms. The van der Waals surface area contributed by atoms with Gasteiger partial charge in [0.05, 0.1) is 7.11 Å². The van der Waals surface area contributed by atoms with E-state index in [0.29, 0.717) is 5.57 Å². The first-order valence-corrected chi connectivity index (χ1v) is 6.59. The lowest BCUT2D eigenvalue weighted by Crippen LogP contribution is -1.97. The number of fused-ring (bicyclic) bond motifs is 2. The summed E-state index contributed by atoms with van der Waals surface area (Å²) < 4.78 is 5.24. The van der Waals surface area contributed by atoms with Crippen LogP contribution in [0.25, 0.3) is 17.7 Å². The number of hydrogen-bond acceptors (Lipinski definition) is 2. The molecular formula is C18H14O3. The molecule has 104 valence electrons. The zero-order valence-corrected chi connectivity index (χ0v) is 11.5. The summed E-state index contributed by atoms with van der Waals surface area (Å²) in [5, 5.41) is 9.19. The highest BCUT2D eigenvalue weighted by atomic mass is 16.5. The topological polar surface area (TPSA) is 46.5 Å². The molecule has 0 bridgehead atoms. The van der Waals surface area contributed by atoms with E-state index in [2.05, 4.69) is 0 Å². The van der Waals surface area contributed by atoms with Gasteiger partial charge in [0.15, 0.2) is 0 Å². The highest BCUT2D eigenvalue weighted by Gasteiger charge is 2.16. The molecule has 0 fully saturated rings. The molecule has 1 aliphatic rings. The highest BCUT2D eigenvalue weighted by Crippen LogP contribution is 2.35. The normalized spacial score (nSPS) is 14.2. The second kappa shape index (κ2) is 5.29. The third-order valence-corrected chi connectivity index (χ3v) is 3.51. The minimum absolute atomic E-state index is 0.709. The van der Waals surface area contributed by atoms with Gasteiger partial charge in [0.1, 0.15) is 5.75 Å².